The lowest BCUT2D eigenvalue weighted by molar-refractivity contribution is -0.120. The van der Waals surface area contributed by atoms with Gasteiger partial charge in [-0.15, -0.1) is 0 Å². The van der Waals surface area contributed by atoms with Crippen molar-refractivity contribution in [1.82, 2.24) is 0 Å². The van der Waals surface area contributed by atoms with Crippen molar-refractivity contribution in [2.75, 3.05) is 11.5 Å². The molecule has 0 fully saturated rings. The van der Waals surface area contributed by atoms with Crippen molar-refractivity contribution < 1.29 is 9.53 Å². The third-order valence-electron chi connectivity index (χ3n) is 3.70. The van der Waals surface area contributed by atoms with Crippen molar-refractivity contribution in [3.05, 3.63) is 29.8 Å². The summed E-state index contributed by atoms with van der Waals surface area (Å²) in [6, 6.07) is 5.30. The van der Waals surface area contributed by atoms with E-state index in [4.69, 9.17) is 10.5 Å². The van der Waals surface area contributed by atoms with Crippen molar-refractivity contribution in [1.29, 1.82) is 0 Å². The first-order chi connectivity index (χ1) is 9.77. The normalized spacial score (nSPS) is 17.8. The summed E-state index contributed by atoms with van der Waals surface area (Å²) in [5, 5.41) is 0. The van der Waals surface area contributed by atoms with Crippen LogP contribution < -0.4 is 15.4 Å². The van der Waals surface area contributed by atoms with Gasteiger partial charge in [-0.25, -0.2) is 0 Å². The van der Waals surface area contributed by atoms with Gasteiger partial charge in [0.1, 0.15) is 5.75 Å². The van der Waals surface area contributed by atoms with E-state index < -0.39 is 11.6 Å². The molecular formula is C17H24N2O2. The average Bonchev–Trinajstić information content (AvgIpc) is 2.38. The lowest BCUT2D eigenvalue weighted by atomic mass is 9.88. The number of hydrogen-bond donors (Lipinski definition) is 1. The second-order valence-corrected chi connectivity index (χ2v) is 6.06. The fourth-order valence-corrected chi connectivity index (χ4v) is 2.87. The summed E-state index contributed by atoms with van der Waals surface area (Å²) in [4.78, 5) is 14.3. The van der Waals surface area contributed by atoms with Gasteiger partial charge in [-0.3, -0.25) is 4.79 Å². The zero-order chi connectivity index (χ0) is 15.8. The number of rotatable bonds is 3. The summed E-state index contributed by atoms with van der Waals surface area (Å²) in [6.45, 7) is 10.4. The Bertz CT molecular complexity index is 588. The number of nitrogens with zero attached hydrogens (tertiary/aromatic N) is 1. The standard InChI is InChI=1S/C17H24N2O2/c1-6-21-13-7-8-15-14(9-13)11(2)10-17(4,5)19(15)16(20)12(3)18/h7-10,12H,6,18H2,1-5H3/t12-/m0/s1. The van der Waals surface area contributed by atoms with Gasteiger partial charge in [-0.1, -0.05) is 6.08 Å². The van der Waals surface area contributed by atoms with Crippen molar-refractivity contribution in [3.63, 3.8) is 0 Å². The predicted octanol–water partition coefficient (Wildman–Crippen LogP) is 2.96. The van der Waals surface area contributed by atoms with E-state index in [1.807, 2.05) is 39.0 Å². The minimum Gasteiger partial charge on any atom is -0.494 e. The van der Waals surface area contributed by atoms with Gasteiger partial charge < -0.3 is 15.4 Å². The molecule has 2 N–H and O–H groups in total. The number of amides is 1. The van der Waals surface area contributed by atoms with E-state index in [0.717, 1.165) is 22.6 Å². The first kappa shape index (κ1) is 15.6. The van der Waals surface area contributed by atoms with E-state index in [0.29, 0.717) is 6.61 Å². The van der Waals surface area contributed by atoms with Crippen LogP contribution in [0.5, 0.6) is 5.75 Å². The number of ether oxygens (including phenoxy) is 1. The molecule has 0 saturated heterocycles. The Kier molecular flexibility index (Phi) is 4.10. The van der Waals surface area contributed by atoms with Crippen LogP contribution in [0.2, 0.25) is 0 Å². The number of benzene rings is 1. The second kappa shape index (κ2) is 5.53. The molecule has 0 radical (unpaired) electrons. The van der Waals surface area contributed by atoms with E-state index in [1.165, 1.54) is 0 Å². The Balaban J connectivity index is 2.57. The fourth-order valence-electron chi connectivity index (χ4n) is 2.87. The Hall–Kier alpha value is -1.81. The SMILES string of the molecule is CCOc1ccc2c(c1)C(C)=CC(C)(C)N2C(=O)[C@H](C)N. The van der Waals surface area contributed by atoms with Crippen LogP contribution in [0.15, 0.2) is 24.3 Å². The molecule has 0 spiro atoms. The highest BCUT2D eigenvalue weighted by Gasteiger charge is 2.36. The monoisotopic (exact) mass is 288 g/mol. The van der Waals surface area contributed by atoms with Crippen LogP contribution in [-0.4, -0.2) is 24.1 Å². The molecule has 1 amide bonds. The van der Waals surface area contributed by atoms with Gasteiger partial charge in [0.15, 0.2) is 0 Å². The smallest absolute Gasteiger partial charge is 0.244 e. The number of carbonyl (C=O) groups excluding carboxylic acids is 1. The second-order valence-electron chi connectivity index (χ2n) is 6.06. The lowest BCUT2D eigenvalue weighted by Gasteiger charge is -2.42. The van der Waals surface area contributed by atoms with Crippen LogP contribution in [-0.2, 0) is 4.79 Å². The number of fused-ring (bicyclic) bond motifs is 1. The highest BCUT2D eigenvalue weighted by molar-refractivity contribution is 6.02. The molecule has 21 heavy (non-hydrogen) atoms. The zero-order valence-electron chi connectivity index (χ0n) is 13.4. The maximum Gasteiger partial charge on any atom is 0.244 e. The van der Waals surface area contributed by atoms with Gasteiger partial charge in [0, 0.05) is 5.56 Å². The van der Waals surface area contributed by atoms with Crippen molar-refractivity contribution in [3.8, 4) is 5.75 Å². The van der Waals surface area contributed by atoms with Gasteiger partial charge in [-0.2, -0.15) is 0 Å². The predicted molar refractivity (Wildman–Crippen MR) is 86.5 cm³/mol. The number of anilines is 1. The molecule has 1 heterocycles. The van der Waals surface area contributed by atoms with E-state index in [-0.39, 0.29) is 5.91 Å². The zero-order valence-corrected chi connectivity index (χ0v) is 13.4. The molecule has 0 saturated carbocycles. The molecule has 1 aliphatic rings. The van der Waals surface area contributed by atoms with Crippen LogP contribution in [0.3, 0.4) is 0 Å². The van der Waals surface area contributed by atoms with Gasteiger partial charge >= 0.3 is 0 Å². The van der Waals surface area contributed by atoms with Gasteiger partial charge in [-0.05, 0) is 58.4 Å². The first-order valence-electron chi connectivity index (χ1n) is 7.34. The van der Waals surface area contributed by atoms with Crippen LogP contribution in [0.1, 0.15) is 40.2 Å². The molecule has 1 aromatic rings. The van der Waals surface area contributed by atoms with Crippen LogP contribution in [0, 0.1) is 0 Å². The lowest BCUT2D eigenvalue weighted by Crippen LogP contribution is -2.54. The molecule has 114 valence electrons. The number of nitrogens with two attached hydrogens (primary N) is 1. The van der Waals surface area contributed by atoms with Gasteiger partial charge in [0.2, 0.25) is 5.91 Å². The Morgan fingerprint density at radius 1 is 1.43 bits per heavy atom. The summed E-state index contributed by atoms with van der Waals surface area (Å²) in [5.41, 5.74) is 8.49. The molecule has 2 rings (SSSR count). The minimum absolute atomic E-state index is 0.0749. The van der Waals surface area contributed by atoms with E-state index in [2.05, 4.69) is 13.0 Å². The minimum atomic E-state index is -0.532. The largest absolute Gasteiger partial charge is 0.494 e. The number of carbonyl (C=O) groups is 1. The first-order valence-corrected chi connectivity index (χ1v) is 7.34. The summed E-state index contributed by atoms with van der Waals surface area (Å²) in [6.07, 6.45) is 2.10. The maximum atomic E-state index is 12.5. The Morgan fingerprint density at radius 2 is 2.10 bits per heavy atom. The van der Waals surface area contributed by atoms with Crippen LogP contribution in [0.25, 0.3) is 5.57 Å². The van der Waals surface area contributed by atoms with Gasteiger partial charge in [0.25, 0.3) is 0 Å². The molecule has 4 nitrogen and oxygen atoms in total. The molecule has 1 aromatic carbocycles. The van der Waals surface area contributed by atoms with Crippen molar-refractivity contribution in [2.24, 2.45) is 5.73 Å². The third-order valence-corrected chi connectivity index (χ3v) is 3.70. The van der Waals surface area contributed by atoms with Crippen molar-refractivity contribution >= 4 is 17.2 Å². The highest BCUT2D eigenvalue weighted by atomic mass is 16.5. The van der Waals surface area contributed by atoms with E-state index >= 15 is 0 Å². The summed E-state index contributed by atoms with van der Waals surface area (Å²) in [5.74, 6) is 0.742. The third kappa shape index (κ3) is 2.81. The molecule has 0 aliphatic carbocycles. The van der Waals surface area contributed by atoms with Crippen LogP contribution >= 0.6 is 0 Å². The Labute approximate surface area is 126 Å². The Morgan fingerprint density at radius 3 is 2.67 bits per heavy atom. The molecule has 0 bridgehead atoms. The van der Waals surface area contributed by atoms with Crippen molar-refractivity contribution in [2.45, 2.75) is 46.2 Å². The summed E-state index contributed by atoms with van der Waals surface area (Å²) in [7, 11) is 0. The number of allylic oxidation sites excluding steroid dienone is 1. The molecule has 0 aromatic heterocycles. The number of hydrogen-bond acceptors (Lipinski definition) is 3. The van der Waals surface area contributed by atoms with Gasteiger partial charge in [0.05, 0.1) is 23.9 Å². The van der Waals surface area contributed by atoms with E-state index in [1.54, 1.807) is 11.8 Å². The molecule has 1 aliphatic heterocycles. The topological polar surface area (TPSA) is 55.6 Å². The quantitative estimate of drug-likeness (QED) is 0.930. The summed E-state index contributed by atoms with van der Waals surface area (Å²) < 4.78 is 5.56. The fraction of sp³-hybridized carbons (Fsp3) is 0.471. The van der Waals surface area contributed by atoms with Crippen LogP contribution in [0.4, 0.5) is 5.69 Å². The maximum absolute atomic E-state index is 12.5. The highest BCUT2D eigenvalue weighted by Crippen LogP contribution is 2.40. The molecular weight excluding hydrogens is 264 g/mol. The molecule has 1 atom stereocenters. The molecule has 4 heteroatoms. The average molecular weight is 288 g/mol. The van der Waals surface area contributed by atoms with E-state index in [9.17, 15) is 4.79 Å². The summed E-state index contributed by atoms with van der Waals surface area (Å²) >= 11 is 0. The molecule has 0 unspecified atom stereocenters.